The highest BCUT2D eigenvalue weighted by molar-refractivity contribution is 7.92. The average Bonchev–Trinajstić information content (AvgIpc) is 2.76. The molecule has 0 fully saturated rings. The van der Waals surface area contributed by atoms with E-state index in [2.05, 4.69) is 4.72 Å². The van der Waals surface area contributed by atoms with Gasteiger partial charge in [-0.3, -0.25) is 4.72 Å². The van der Waals surface area contributed by atoms with Crippen LogP contribution in [0, 0.1) is 5.82 Å². The van der Waals surface area contributed by atoms with Crippen LogP contribution in [0.25, 0.3) is 0 Å². The molecule has 0 saturated heterocycles. The van der Waals surface area contributed by atoms with E-state index < -0.39 is 26.7 Å². The molecule has 0 aliphatic heterocycles. The van der Waals surface area contributed by atoms with Crippen LogP contribution in [-0.4, -0.2) is 19.5 Å². The molecule has 5 nitrogen and oxygen atoms in total. The molecule has 2 aromatic rings. The summed E-state index contributed by atoms with van der Waals surface area (Å²) in [5.74, 6) is -2.15. The molecule has 1 heterocycles. The molecule has 1 aromatic heterocycles. The van der Waals surface area contributed by atoms with Gasteiger partial charge < -0.3 is 5.11 Å². The summed E-state index contributed by atoms with van der Waals surface area (Å²) in [4.78, 5) is 10.2. The Hall–Kier alpha value is -1.93. The Balaban J connectivity index is 2.40. The molecule has 1 aromatic carbocycles. The predicted molar refractivity (Wildman–Crippen MR) is 68.5 cm³/mol. The Morgan fingerprint density at radius 1 is 1.26 bits per heavy atom. The van der Waals surface area contributed by atoms with Crippen molar-refractivity contribution in [2.45, 2.75) is 4.90 Å². The van der Waals surface area contributed by atoms with Gasteiger partial charge in [0.25, 0.3) is 10.0 Å². The van der Waals surface area contributed by atoms with Crippen molar-refractivity contribution in [1.29, 1.82) is 0 Å². The smallest absolute Gasteiger partial charge is 0.348 e. The second-order valence-electron chi connectivity index (χ2n) is 3.50. The van der Waals surface area contributed by atoms with E-state index in [0.29, 0.717) is 0 Å². The number of hydrogen-bond donors (Lipinski definition) is 2. The molecule has 0 unspecified atom stereocenters. The van der Waals surface area contributed by atoms with Crippen molar-refractivity contribution in [2.75, 3.05) is 4.72 Å². The summed E-state index contributed by atoms with van der Waals surface area (Å²) in [6.45, 7) is 0. The van der Waals surface area contributed by atoms with Gasteiger partial charge in [0.15, 0.2) is 0 Å². The maximum absolute atomic E-state index is 13.4. The summed E-state index contributed by atoms with van der Waals surface area (Å²) in [7, 11) is -4.15. The Kier molecular flexibility index (Phi) is 3.54. The lowest BCUT2D eigenvalue weighted by molar-refractivity contribution is 0.0703. The molecular weight excluding hydrogens is 293 g/mol. The lowest BCUT2D eigenvalue weighted by Crippen LogP contribution is -2.15. The minimum atomic E-state index is -4.15. The van der Waals surface area contributed by atoms with Gasteiger partial charge in [-0.05, 0) is 23.6 Å². The van der Waals surface area contributed by atoms with Gasteiger partial charge in [0.2, 0.25) is 0 Å². The number of carbonyl (C=O) groups is 1. The number of aromatic carboxylic acids is 1. The van der Waals surface area contributed by atoms with Crippen LogP contribution in [0.4, 0.5) is 10.1 Å². The molecular formula is C11H8FNO4S2. The number of hydrogen-bond acceptors (Lipinski definition) is 4. The first-order valence-corrected chi connectivity index (χ1v) is 7.36. The van der Waals surface area contributed by atoms with E-state index in [1.54, 1.807) is 0 Å². The van der Waals surface area contributed by atoms with Gasteiger partial charge in [-0.25, -0.2) is 17.6 Å². The van der Waals surface area contributed by atoms with Crippen LogP contribution in [0.1, 0.15) is 9.67 Å². The zero-order chi connectivity index (χ0) is 14.0. The molecule has 0 spiro atoms. The van der Waals surface area contributed by atoms with Gasteiger partial charge in [0.05, 0.1) is 5.69 Å². The predicted octanol–water partition coefficient (Wildman–Crippen LogP) is 2.39. The first-order valence-electron chi connectivity index (χ1n) is 5.00. The fourth-order valence-electron chi connectivity index (χ4n) is 1.42. The van der Waals surface area contributed by atoms with Gasteiger partial charge in [-0.15, -0.1) is 11.3 Å². The highest BCUT2D eigenvalue weighted by atomic mass is 32.2. The number of rotatable bonds is 4. The van der Waals surface area contributed by atoms with E-state index in [1.165, 1.54) is 23.6 Å². The van der Waals surface area contributed by atoms with Gasteiger partial charge >= 0.3 is 5.97 Å². The minimum Gasteiger partial charge on any atom is -0.477 e. The highest BCUT2D eigenvalue weighted by Crippen LogP contribution is 2.25. The van der Waals surface area contributed by atoms with Gasteiger partial charge in [0, 0.05) is 0 Å². The summed E-state index contributed by atoms with van der Waals surface area (Å²) >= 11 is 0.877. The van der Waals surface area contributed by atoms with Crippen molar-refractivity contribution in [3.8, 4) is 0 Å². The summed E-state index contributed by atoms with van der Waals surface area (Å²) in [6.07, 6.45) is 0. The van der Waals surface area contributed by atoms with Crippen molar-refractivity contribution in [2.24, 2.45) is 0 Å². The van der Waals surface area contributed by atoms with E-state index in [4.69, 9.17) is 5.11 Å². The zero-order valence-corrected chi connectivity index (χ0v) is 11.0. The first kappa shape index (κ1) is 13.5. The third-order valence-corrected chi connectivity index (χ3v) is 4.53. The van der Waals surface area contributed by atoms with Crippen LogP contribution < -0.4 is 4.72 Å². The first-order chi connectivity index (χ1) is 8.92. The van der Waals surface area contributed by atoms with Crippen molar-refractivity contribution >= 4 is 33.0 Å². The monoisotopic (exact) mass is 301 g/mol. The van der Waals surface area contributed by atoms with Crippen molar-refractivity contribution in [1.82, 2.24) is 0 Å². The fraction of sp³-hybridized carbons (Fsp3) is 0. The number of sulfonamides is 1. The molecule has 100 valence electrons. The quantitative estimate of drug-likeness (QED) is 0.908. The van der Waals surface area contributed by atoms with Crippen LogP contribution in [-0.2, 0) is 10.0 Å². The zero-order valence-electron chi connectivity index (χ0n) is 9.33. The third-order valence-electron chi connectivity index (χ3n) is 2.23. The molecule has 0 bridgehead atoms. The highest BCUT2D eigenvalue weighted by Gasteiger charge is 2.22. The normalized spacial score (nSPS) is 11.2. The van der Waals surface area contributed by atoms with E-state index in [0.717, 1.165) is 23.5 Å². The van der Waals surface area contributed by atoms with Crippen LogP contribution in [0.2, 0.25) is 0 Å². The number of benzene rings is 1. The van der Waals surface area contributed by atoms with Crippen molar-refractivity contribution in [3.63, 3.8) is 0 Å². The fourth-order valence-corrected chi connectivity index (χ4v) is 3.32. The van der Waals surface area contributed by atoms with E-state index in [-0.39, 0.29) is 10.6 Å². The maximum Gasteiger partial charge on any atom is 0.348 e. The molecule has 19 heavy (non-hydrogen) atoms. The molecule has 0 atom stereocenters. The van der Waals surface area contributed by atoms with Gasteiger partial charge in [-0.1, -0.05) is 12.1 Å². The van der Waals surface area contributed by atoms with Crippen molar-refractivity contribution < 1.29 is 22.7 Å². The number of thiophene rings is 1. The minimum absolute atomic E-state index is 0.0826. The van der Waals surface area contributed by atoms with Gasteiger partial charge in [0.1, 0.15) is 15.6 Å². The Labute approximate surface area is 112 Å². The molecule has 0 radical (unpaired) electrons. The van der Waals surface area contributed by atoms with Crippen LogP contribution in [0.5, 0.6) is 0 Å². The summed E-state index contributed by atoms with van der Waals surface area (Å²) in [6, 6.07) is 6.17. The number of halogens is 1. The lowest BCUT2D eigenvalue weighted by atomic mass is 10.3. The molecule has 2 N–H and O–H groups in total. The van der Waals surface area contributed by atoms with Crippen LogP contribution >= 0.6 is 11.3 Å². The second kappa shape index (κ2) is 4.98. The number of anilines is 1. The number of carboxylic acid groups (broad SMARTS) is 1. The number of nitrogens with one attached hydrogen (secondary N) is 1. The van der Waals surface area contributed by atoms with Crippen LogP contribution in [0.3, 0.4) is 0 Å². The lowest BCUT2D eigenvalue weighted by Gasteiger charge is -2.08. The third kappa shape index (κ3) is 2.74. The van der Waals surface area contributed by atoms with E-state index in [1.807, 2.05) is 0 Å². The maximum atomic E-state index is 13.4. The van der Waals surface area contributed by atoms with E-state index in [9.17, 15) is 17.6 Å². The molecule has 0 amide bonds. The summed E-state index contributed by atoms with van der Waals surface area (Å²) < 4.78 is 39.4. The van der Waals surface area contributed by atoms with E-state index >= 15 is 0 Å². The largest absolute Gasteiger partial charge is 0.477 e. The Morgan fingerprint density at radius 2 is 1.95 bits per heavy atom. The average molecular weight is 301 g/mol. The standard InChI is InChI=1S/C11H8FNO4S2/c12-7-3-1-2-4-9(7)19(16,17)13-8-5-6-18-10(8)11(14)15/h1-6,13H,(H,14,15). The summed E-state index contributed by atoms with van der Waals surface area (Å²) in [5.41, 5.74) is -0.0826. The molecule has 0 aliphatic carbocycles. The molecule has 0 aliphatic rings. The van der Waals surface area contributed by atoms with Crippen molar-refractivity contribution in [3.05, 3.63) is 46.4 Å². The topological polar surface area (TPSA) is 83.5 Å². The second-order valence-corrected chi connectivity index (χ2v) is 6.07. The molecule has 0 saturated carbocycles. The summed E-state index contributed by atoms with van der Waals surface area (Å²) in [5, 5.41) is 10.3. The Morgan fingerprint density at radius 3 is 2.58 bits per heavy atom. The Bertz CT molecular complexity index is 724. The van der Waals surface area contributed by atoms with Gasteiger partial charge in [-0.2, -0.15) is 0 Å². The van der Waals surface area contributed by atoms with Crippen LogP contribution in [0.15, 0.2) is 40.6 Å². The molecule has 2 rings (SSSR count). The number of carboxylic acids is 1. The molecule has 8 heteroatoms. The SMILES string of the molecule is O=C(O)c1sccc1NS(=O)(=O)c1ccccc1F.